The average molecular weight is 584 g/mol. The van der Waals surface area contributed by atoms with Crippen molar-refractivity contribution in [3.05, 3.63) is 83.4 Å². The van der Waals surface area contributed by atoms with Crippen molar-refractivity contribution in [2.45, 2.75) is 51.6 Å². The predicted octanol–water partition coefficient (Wildman–Crippen LogP) is 7.00. The molecule has 1 unspecified atom stereocenters. The van der Waals surface area contributed by atoms with Gasteiger partial charge in [-0.15, -0.1) is 0 Å². The van der Waals surface area contributed by atoms with Crippen molar-refractivity contribution in [1.82, 2.24) is 4.90 Å². The molecule has 0 bridgehead atoms. The van der Waals surface area contributed by atoms with Crippen molar-refractivity contribution >= 4 is 23.4 Å². The second-order valence-corrected chi connectivity index (χ2v) is 11.4. The topological polar surface area (TPSA) is 72.1 Å². The minimum Gasteiger partial charge on any atom is -0.491 e. The summed E-state index contributed by atoms with van der Waals surface area (Å²) < 4.78 is 17.0. The molecule has 2 heterocycles. The predicted molar refractivity (Wildman–Crippen MR) is 175 cm³/mol. The van der Waals surface area contributed by atoms with E-state index in [0.29, 0.717) is 32.2 Å². The Balaban J connectivity index is 1.19. The number of benzene rings is 3. The second-order valence-electron chi connectivity index (χ2n) is 11.4. The summed E-state index contributed by atoms with van der Waals surface area (Å²) in [6.07, 6.45) is 7.17. The summed E-state index contributed by atoms with van der Waals surface area (Å²) in [6, 6.07) is 23.1. The van der Waals surface area contributed by atoms with E-state index in [1.54, 1.807) is 0 Å². The van der Waals surface area contributed by atoms with Crippen molar-refractivity contribution < 1.29 is 19.0 Å². The summed E-state index contributed by atoms with van der Waals surface area (Å²) >= 11 is 0. The number of likely N-dealkylation sites (N-methyl/N-ethyl adjacent to an activating group) is 1. The fraction of sp³-hybridized carbons (Fsp3) is 0.417. The van der Waals surface area contributed by atoms with E-state index >= 15 is 0 Å². The van der Waals surface area contributed by atoms with Gasteiger partial charge in [0.25, 0.3) is 5.91 Å². The van der Waals surface area contributed by atoms with Crippen molar-refractivity contribution in [3.63, 3.8) is 0 Å². The Morgan fingerprint density at radius 1 is 1.02 bits per heavy atom. The van der Waals surface area contributed by atoms with E-state index in [0.717, 1.165) is 85.0 Å². The highest BCUT2D eigenvalue weighted by Crippen LogP contribution is 2.30. The standard InChI is InChI=1S/C36H45N3O4/c1-3-4-19-41-21-22-43-34-14-9-28(10-15-34)29-11-16-35-31(23-29)24-30(17-18-37-35)36(40)38-32-12-7-27(8-13-32)25-39(2)33-6-5-20-42-26-33/h7-16,23-24,33,37H,3-6,17-22,25-26H2,1-2H3,(H,38,40). The maximum atomic E-state index is 13.3. The minimum absolute atomic E-state index is 0.0653. The second kappa shape index (κ2) is 15.7. The first-order valence-corrected chi connectivity index (χ1v) is 15.7. The van der Waals surface area contributed by atoms with Gasteiger partial charge in [-0.2, -0.15) is 0 Å². The van der Waals surface area contributed by atoms with E-state index in [9.17, 15) is 4.79 Å². The highest BCUT2D eigenvalue weighted by molar-refractivity contribution is 6.07. The van der Waals surface area contributed by atoms with Gasteiger partial charge in [-0.05, 0) is 97.5 Å². The van der Waals surface area contributed by atoms with E-state index in [4.69, 9.17) is 14.2 Å². The van der Waals surface area contributed by atoms with Gasteiger partial charge in [0.15, 0.2) is 0 Å². The van der Waals surface area contributed by atoms with E-state index < -0.39 is 0 Å². The molecule has 2 aliphatic heterocycles. The Morgan fingerprint density at radius 3 is 2.60 bits per heavy atom. The number of fused-ring (bicyclic) bond motifs is 1. The highest BCUT2D eigenvalue weighted by atomic mass is 16.5. The number of anilines is 2. The van der Waals surface area contributed by atoms with Gasteiger partial charge in [0.2, 0.25) is 0 Å². The molecule has 2 N–H and O–H groups in total. The molecule has 0 saturated carbocycles. The summed E-state index contributed by atoms with van der Waals surface area (Å²) in [7, 11) is 2.15. The van der Waals surface area contributed by atoms with Crippen LogP contribution in [0.4, 0.5) is 11.4 Å². The average Bonchev–Trinajstić information content (AvgIpc) is 3.27. The zero-order chi connectivity index (χ0) is 29.9. The van der Waals surface area contributed by atoms with Gasteiger partial charge in [-0.3, -0.25) is 9.69 Å². The Bertz CT molecular complexity index is 1350. The third-order valence-corrected chi connectivity index (χ3v) is 8.11. The van der Waals surface area contributed by atoms with Crippen LogP contribution >= 0.6 is 0 Å². The van der Waals surface area contributed by atoms with Gasteiger partial charge < -0.3 is 24.8 Å². The molecule has 2 aliphatic rings. The molecular formula is C36H45N3O4. The number of unbranched alkanes of at least 4 members (excludes halogenated alkanes) is 1. The van der Waals surface area contributed by atoms with Crippen molar-refractivity contribution in [2.24, 2.45) is 0 Å². The summed E-state index contributed by atoms with van der Waals surface area (Å²) in [5.74, 6) is 0.765. The molecule has 228 valence electrons. The molecule has 1 fully saturated rings. The van der Waals surface area contributed by atoms with Crippen LogP contribution in [0.3, 0.4) is 0 Å². The number of carbonyl (C=O) groups is 1. The zero-order valence-electron chi connectivity index (χ0n) is 25.6. The minimum atomic E-state index is -0.0653. The summed E-state index contributed by atoms with van der Waals surface area (Å²) in [5.41, 5.74) is 7.02. The molecular weight excluding hydrogens is 538 g/mol. The van der Waals surface area contributed by atoms with Gasteiger partial charge in [-0.25, -0.2) is 0 Å². The summed E-state index contributed by atoms with van der Waals surface area (Å²) in [6.45, 7) is 7.32. The van der Waals surface area contributed by atoms with Crippen LogP contribution in [0.25, 0.3) is 17.2 Å². The molecule has 1 saturated heterocycles. The van der Waals surface area contributed by atoms with Gasteiger partial charge in [-0.1, -0.05) is 43.7 Å². The number of carbonyl (C=O) groups excluding carboxylic acids is 1. The molecule has 0 aromatic heterocycles. The zero-order valence-corrected chi connectivity index (χ0v) is 25.6. The van der Waals surface area contributed by atoms with E-state index in [1.165, 1.54) is 12.0 Å². The van der Waals surface area contributed by atoms with Gasteiger partial charge >= 0.3 is 0 Å². The number of amides is 1. The van der Waals surface area contributed by atoms with Gasteiger partial charge in [0.05, 0.1) is 13.2 Å². The number of hydrogen-bond donors (Lipinski definition) is 2. The van der Waals surface area contributed by atoms with Crippen LogP contribution in [0.2, 0.25) is 0 Å². The molecule has 3 aromatic carbocycles. The molecule has 0 spiro atoms. The fourth-order valence-electron chi connectivity index (χ4n) is 5.50. The van der Waals surface area contributed by atoms with Crippen LogP contribution < -0.4 is 15.4 Å². The van der Waals surface area contributed by atoms with E-state index in [-0.39, 0.29) is 5.91 Å². The molecule has 3 aromatic rings. The quantitative estimate of drug-likeness (QED) is 0.211. The lowest BCUT2D eigenvalue weighted by atomic mass is 10.0. The molecule has 7 nitrogen and oxygen atoms in total. The van der Waals surface area contributed by atoms with Crippen LogP contribution in [0, 0.1) is 0 Å². The van der Waals surface area contributed by atoms with Crippen molar-refractivity contribution in [1.29, 1.82) is 0 Å². The maximum Gasteiger partial charge on any atom is 0.251 e. The first-order chi connectivity index (χ1) is 21.1. The molecule has 0 radical (unpaired) electrons. The highest BCUT2D eigenvalue weighted by Gasteiger charge is 2.19. The van der Waals surface area contributed by atoms with Crippen LogP contribution in [0.1, 0.15) is 50.2 Å². The molecule has 0 aliphatic carbocycles. The lowest BCUT2D eigenvalue weighted by Crippen LogP contribution is -2.37. The molecule has 7 heteroatoms. The number of nitrogens with zero attached hydrogens (tertiary/aromatic N) is 1. The largest absolute Gasteiger partial charge is 0.491 e. The van der Waals surface area contributed by atoms with Gasteiger partial charge in [0.1, 0.15) is 12.4 Å². The number of nitrogens with one attached hydrogen (secondary N) is 2. The Hall–Kier alpha value is -3.65. The molecule has 43 heavy (non-hydrogen) atoms. The number of rotatable bonds is 13. The third kappa shape index (κ3) is 8.92. The SMILES string of the molecule is CCCCOCCOc1ccc(-c2ccc3c(c2)C=C(C(=O)Nc2ccc(CN(C)C4CCCOC4)cc2)CCN3)cc1. The monoisotopic (exact) mass is 583 g/mol. The van der Waals surface area contributed by atoms with Gasteiger partial charge in [0, 0.05) is 49.3 Å². The molecule has 1 amide bonds. The first kappa shape index (κ1) is 30.8. The van der Waals surface area contributed by atoms with Crippen molar-refractivity contribution in [3.8, 4) is 16.9 Å². The Kier molecular flexibility index (Phi) is 11.3. The Morgan fingerprint density at radius 2 is 1.84 bits per heavy atom. The fourth-order valence-corrected chi connectivity index (χ4v) is 5.50. The number of ether oxygens (including phenoxy) is 3. The number of hydrogen-bond acceptors (Lipinski definition) is 6. The van der Waals surface area contributed by atoms with Crippen LogP contribution in [-0.4, -0.2) is 63.5 Å². The van der Waals surface area contributed by atoms with Crippen LogP contribution in [-0.2, 0) is 20.8 Å². The summed E-state index contributed by atoms with van der Waals surface area (Å²) in [5, 5.41) is 6.58. The molecule has 5 rings (SSSR count). The van der Waals surface area contributed by atoms with Crippen molar-refractivity contribution in [2.75, 3.05) is 57.3 Å². The molecule has 1 atom stereocenters. The van der Waals surface area contributed by atoms with E-state index in [1.807, 2.05) is 30.3 Å². The van der Waals surface area contributed by atoms with Crippen LogP contribution in [0.5, 0.6) is 5.75 Å². The maximum absolute atomic E-state index is 13.3. The first-order valence-electron chi connectivity index (χ1n) is 15.7. The van der Waals surface area contributed by atoms with Crippen LogP contribution in [0.15, 0.2) is 72.3 Å². The van der Waals surface area contributed by atoms with E-state index in [2.05, 4.69) is 72.0 Å². The third-order valence-electron chi connectivity index (χ3n) is 8.11. The lowest BCUT2D eigenvalue weighted by molar-refractivity contribution is -0.112. The summed E-state index contributed by atoms with van der Waals surface area (Å²) in [4.78, 5) is 15.7. The Labute approximate surface area is 256 Å². The smallest absolute Gasteiger partial charge is 0.251 e. The lowest BCUT2D eigenvalue weighted by Gasteiger charge is -2.31. The normalized spacial score (nSPS) is 16.5.